The van der Waals surface area contributed by atoms with Crippen LogP contribution in [0.4, 0.5) is 0 Å². The molecule has 3 fully saturated rings. The Kier molecular flexibility index (Phi) is 12.2. The summed E-state index contributed by atoms with van der Waals surface area (Å²) < 4.78 is 12.8. The van der Waals surface area contributed by atoms with E-state index < -0.39 is 78.2 Å². The van der Waals surface area contributed by atoms with E-state index in [0.717, 1.165) is 25.3 Å². The zero-order chi connectivity index (χ0) is 31.3. The third-order valence-electron chi connectivity index (χ3n) is 9.75. The summed E-state index contributed by atoms with van der Waals surface area (Å²) in [5.74, 6) is -0.532. The average Bonchev–Trinajstić information content (AvgIpc) is 3.47. The van der Waals surface area contributed by atoms with Crippen molar-refractivity contribution in [3.05, 3.63) is 11.8 Å². The monoisotopic (exact) mass is 613 g/mol. The van der Waals surface area contributed by atoms with Crippen LogP contribution < -0.4 is 38.5 Å². The van der Waals surface area contributed by atoms with E-state index >= 15 is 0 Å². The molecule has 2 aliphatic carbocycles. The van der Waals surface area contributed by atoms with Crippen molar-refractivity contribution in [2.45, 2.75) is 124 Å². The normalized spacial score (nSPS) is 42.6. The van der Waals surface area contributed by atoms with Crippen molar-refractivity contribution in [1.29, 1.82) is 0 Å². The molecule has 13 atom stereocenters. The standard InChI is InChI=1S/C29H55N7O7/c1-29(41)9-7-21(23(38)27(29)33-2)43-26-19(36-28(40)20(37)8-10-30)12-18(32)22(24(26)39)25-17(31)6-5-16(42-25)14-34-13-15-4-3-11-35-15/h5,15,17-27,33-35,37-39,41H,3-4,6-14,30-32H2,1-2H3,(H,36,40)/t15?,17-,18+,19-,20+,21+,22?,23+,24+,25+,26+,27-,29+/m1/s1. The molecule has 0 aromatic carbocycles. The summed E-state index contributed by atoms with van der Waals surface area (Å²) in [6.45, 7) is 4.16. The number of rotatable bonds is 12. The second-order valence-corrected chi connectivity index (χ2v) is 13.0. The summed E-state index contributed by atoms with van der Waals surface area (Å²) >= 11 is 0. The molecule has 14 heteroatoms. The van der Waals surface area contributed by atoms with E-state index in [2.05, 4.69) is 21.3 Å². The first-order valence-electron chi connectivity index (χ1n) is 15.9. The maximum atomic E-state index is 12.8. The molecular weight excluding hydrogens is 558 g/mol. The fourth-order valence-corrected chi connectivity index (χ4v) is 7.28. The van der Waals surface area contributed by atoms with Crippen molar-refractivity contribution in [3.8, 4) is 0 Å². The Labute approximate surface area is 254 Å². The Hall–Kier alpha value is -1.43. The molecule has 2 unspecified atom stereocenters. The van der Waals surface area contributed by atoms with Gasteiger partial charge in [0.15, 0.2) is 0 Å². The Morgan fingerprint density at radius 3 is 2.70 bits per heavy atom. The van der Waals surface area contributed by atoms with Crippen molar-refractivity contribution in [1.82, 2.24) is 21.3 Å². The first kappa shape index (κ1) is 34.4. The topological polar surface area (TPSA) is 243 Å². The van der Waals surface area contributed by atoms with Crippen LogP contribution in [0.2, 0.25) is 0 Å². The van der Waals surface area contributed by atoms with Crippen molar-refractivity contribution in [2.75, 3.05) is 33.2 Å². The average molecular weight is 614 g/mol. The third-order valence-corrected chi connectivity index (χ3v) is 9.75. The second-order valence-electron chi connectivity index (χ2n) is 13.0. The fourth-order valence-electron chi connectivity index (χ4n) is 7.28. The van der Waals surface area contributed by atoms with E-state index in [9.17, 15) is 25.2 Å². The molecule has 14 nitrogen and oxygen atoms in total. The molecular formula is C29H55N7O7. The van der Waals surface area contributed by atoms with Gasteiger partial charge in [-0.3, -0.25) is 4.79 Å². The summed E-state index contributed by atoms with van der Waals surface area (Å²) in [4.78, 5) is 12.8. The van der Waals surface area contributed by atoms with E-state index in [4.69, 9.17) is 26.7 Å². The smallest absolute Gasteiger partial charge is 0.249 e. The van der Waals surface area contributed by atoms with Crippen LogP contribution in [0.15, 0.2) is 11.8 Å². The van der Waals surface area contributed by atoms with Crippen molar-refractivity contribution in [2.24, 2.45) is 23.1 Å². The molecule has 43 heavy (non-hydrogen) atoms. The van der Waals surface area contributed by atoms with Crippen LogP contribution in [-0.2, 0) is 14.3 Å². The molecule has 248 valence electrons. The molecule has 14 N–H and O–H groups in total. The van der Waals surface area contributed by atoms with Crippen molar-refractivity contribution in [3.63, 3.8) is 0 Å². The summed E-state index contributed by atoms with van der Waals surface area (Å²) in [5, 5.41) is 56.8. The van der Waals surface area contributed by atoms with Gasteiger partial charge >= 0.3 is 0 Å². The summed E-state index contributed by atoms with van der Waals surface area (Å²) in [6.07, 6.45) is -0.161. The van der Waals surface area contributed by atoms with Gasteiger partial charge in [0.1, 0.15) is 24.1 Å². The molecule has 4 aliphatic rings. The van der Waals surface area contributed by atoms with Crippen molar-refractivity contribution >= 4 is 5.91 Å². The molecule has 2 aliphatic heterocycles. The molecule has 4 rings (SSSR count). The Morgan fingerprint density at radius 1 is 1.26 bits per heavy atom. The lowest BCUT2D eigenvalue weighted by Gasteiger charge is -2.51. The number of carbonyl (C=O) groups excluding carboxylic acids is 1. The number of ether oxygens (including phenoxy) is 2. The molecule has 0 aromatic rings. The van der Waals surface area contributed by atoms with E-state index in [-0.39, 0.29) is 19.4 Å². The highest BCUT2D eigenvalue weighted by Gasteiger charge is 2.53. The first-order valence-corrected chi connectivity index (χ1v) is 15.9. The van der Waals surface area contributed by atoms with Crippen LogP contribution in [-0.4, -0.2) is 132 Å². The highest BCUT2D eigenvalue weighted by molar-refractivity contribution is 5.80. The predicted octanol–water partition coefficient (Wildman–Crippen LogP) is -3.52. The minimum absolute atomic E-state index is 0.0757. The van der Waals surface area contributed by atoms with Crippen LogP contribution in [0.25, 0.3) is 0 Å². The van der Waals surface area contributed by atoms with Gasteiger partial charge in [-0.05, 0) is 78.1 Å². The SMILES string of the molecule is CN[C@@H]1[C@@H](O)[C@@H](O[C@H]2[C@H](NC(=O)[C@@H](O)CCN)C[C@H](N)C([C@H]3OC(CNCC4CCCN4)=CC[C@H]3N)[C@@H]2O)CC[C@]1(C)O. The molecule has 0 aromatic heterocycles. The van der Waals surface area contributed by atoms with Gasteiger partial charge in [0, 0.05) is 30.6 Å². The lowest BCUT2D eigenvalue weighted by Crippen LogP contribution is -2.68. The van der Waals surface area contributed by atoms with Gasteiger partial charge < -0.3 is 68.4 Å². The minimum atomic E-state index is -1.32. The zero-order valence-corrected chi connectivity index (χ0v) is 25.5. The van der Waals surface area contributed by atoms with Crippen LogP contribution in [0.1, 0.15) is 51.9 Å². The highest BCUT2D eigenvalue weighted by Crippen LogP contribution is 2.37. The van der Waals surface area contributed by atoms with Crippen LogP contribution in [0, 0.1) is 5.92 Å². The van der Waals surface area contributed by atoms with E-state index in [1.54, 1.807) is 14.0 Å². The third kappa shape index (κ3) is 8.24. The second kappa shape index (κ2) is 15.2. The molecule has 1 amide bonds. The molecule has 2 saturated carbocycles. The van der Waals surface area contributed by atoms with E-state index in [1.807, 2.05) is 6.08 Å². The number of hydrogen-bond acceptors (Lipinski definition) is 13. The Morgan fingerprint density at radius 2 is 2.02 bits per heavy atom. The quantitative estimate of drug-likeness (QED) is 0.102. The van der Waals surface area contributed by atoms with Gasteiger partial charge in [0.25, 0.3) is 0 Å². The molecule has 0 bridgehead atoms. The molecule has 0 spiro atoms. The van der Waals surface area contributed by atoms with Crippen LogP contribution in [0.5, 0.6) is 0 Å². The summed E-state index contributed by atoms with van der Waals surface area (Å²) in [6, 6.07) is -2.03. The fraction of sp³-hybridized carbons (Fsp3) is 0.897. The van der Waals surface area contributed by atoms with Crippen LogP contribution in [0.3, 0.4) is 0 Å². The zero-order valence-electron chi connectivity index (χ0n) is 25.5. The van der Waals surface area contributed by atoms with Gasteiger partial charge in [-0.1, -0.05) is 0 Å². The Bertz CT molecular complexity index is 937. The number of aliphatic hydroxyl groups is 4. The van der Waals surface area contributed by atoms with E-state index in [1.165, 1.54) is 6.42 Å². The number of hydrogen-bond donors (Lipinski definition) is 11. The summed E-state index contributed by atoms with van der Waals surface area (Å²) in [5.41, 5.74) is 17.6. The molecule has 0 radical (unpaired) electrons. The predicted molar refractivity (Wildman–Crippen MR) is 161 cm³/mol. The van der Waals surface area contributed by atoms with Gasteiger partial charge in [-0.2, -0.15) is 0 Å². The lowest BCUT2D eigenvalue weighted by atomic mass is 9.72. The Balaban J connectivity index is 1.50. The number of carbonyl (C=O) groups is 1. The summed E-state index contributed by atoms with van der Waals surface area (Å²) in [7, 11) is 1.66. The molecule has 2 heterocycles. The lowest BCUT2D eigenvalue weighted by molar-refractivity contribution is -0.200. The number of nitrogens with two attached hydrogens (primary N) is 3. The maximum Gasteiger partial charge on any atom is 0.249 e. The number of nitrogens with one attached hydrogen (secondary N) is 4. The highest BCUT2D eigenvalue weighted by atomic mass is 16.5. The van der Waals surface area contributed by atoms with Crippen LogP contribution >= 0.6 is 0 Å². The van der Waals surface area contributed by atoms with Gasteiger partial charge in [-0.25, -0.2) is 0 Å². The van der Waals surface area contributed by atoms with Gasteiger partial charge in [0.2, 0.25) is 5.91 Å². The van der Waals surface area contributed by atoms with E-state index in [0.29, 0.717) is 31.8 Å². The number of amides is 1. The van der Waals surface area contributed by atoms with Gasteiger partial charge in [-0.15, -0.1) is 0 Å². The van der Waals surface area contributed by atoms with Crippen molar-refractivity contribution < 1.29 is 34.7 Å². The van der Waals surface area contributed by atoms with Gasteiger partial charge in [0.05, 0.1) is 42.5 Å². The maximum absolute atomic E-state index is 12.8. The minimum Gasteiger partial charge on any atom is -0.492 e. The number of likely N-dealkylation sites (N-methyl/N-ethyl adjacent to an activating group) is 1. The largest absolute Gasteiger partial charge is 0.492 e. The first-order chi connectivity index (χ1) is 20.5. The molecule has 1 saturated heterocycles. The number of aliphatic hydroxyl groups excluding tert-OH is 3.